The lowest BCUT2D eigenvalue weighted by Gasteiger charge is -2.19. The molecule has 3 nitrogen and oxygen atoms in total. The van der Waals surface area contributed by atoms with Crippen LogP contribution in [0.25, 0.3) is 0 Å². The number of ether oxygens (including phenoxy) is 1. The van der Waals surface area contributed by atoms with Gasteiger partial charge in [-0.05, 0) is 42.3 Å². The molecule has 0 aliphatic carbocycles. The minimum Gasteiger partial charge on any atom is -0.494 e. The molecule has 1 aromatic heterocycles. The molecule has 1 unspecified atom stereocenters. The highest BCUT2D eigenvalue weighted by atomic mass is 19.1. The Labute approximate surface area is 118 Å². The van der Waals surface area contributed by atoms with Crippen LogP contribution in [0.1, 0.15) is 29.7 Å². The molecule has 0 radical (unpaired) electrons. The van der Waals surface area contributed by atoms with Gasteiger partial charge in [-0.25, -0.2) is 4.39 Å². The number of aromatic nitrogens is 1. The summed E-state index contributed by atoms with van der Waals surface area (Å²) in [6.07, 6.45) is 3.65. The molecule has 0 amide bonds. The second-order valence-corrected chi connectivity index (χ2v) is 4.68. The minimum atomic E-state index is -0.353. The molecule has 1 N–H and O–H groups in total. The normalized spacial score (nSPS) is 12.2. The van der Waals surface area contributed by atoms with Crippen LogP contribution in [-0.4, -0.2) is 18.6 Å². The third-order valence-corrected chi connectivity index (χ3v) is 3.15. The van der Waals surface area contributed by atoms with Crippen LogP contribution in [0.3, 0.4) is 0 Å². The van der Waals surface area contributed by atoms with Crippen molar-refractivity contribution in [3.63, 3.8) is 0 Å². The van der Waals surface area contributed by atoms with Crippen molar-refractivity contribution < 1.29 is 9.13 Å². The van der Waals surface area contributed by atoms with E-state index in [9.17, 15) is 4.39 Å². The maximum absolute atomic E-state index is 13.5. The quantitative estimate of drug-likeness (QED) is 0.909. The maximum atomic E-state index is 13.5. The first-order valence-electron chi connectivity index (χ1n) is 6.64. The van der Waals surface area contributed by atoms with Crippen LogP contribution in [0.5, 0.6) is 5.75 Å². The van der Waals surface area contributed by atoms with Crippen molar-refractivity contribution in [2.24, 2.45) is 0 Å². The molecule has 4 heteroatoms. The molecule has 0 fully saturated rings. The molecule has 0 saturated heterocycles. The first-order valence-corrected chi connectivity index (χ1v) is 6.64. The zero-order valence-corrected chi connectivity index (χ0v) is 12.0. The Bertz CT molecular complexity index is 586. The molecule has 0 saturated carbocycles. The van der Waals surface area contributed by atoms with Crippen LogP contribution < -0.4 is 10.1 Å². The molecular weight excluding hydrogens is 255 g/mol. The second-order valence-electron chi connectivity index (χ2n) is 4.68. The number of hydrogen-bond acceptors (Lipinski definition) is 3. The summed E-state index contributed by atoms with van der Waals surface area (Å²) in [6.45, 7) is 4.85. The molecule has 0 bridgehead atoms. The summed E-state index contributed by atoms with van der Waals surface area (Å²) >= 11 is 0. The summed E-state index contributed by atoms with van der Waals surface area (Å²) in [4.78, 5) is 4.23. The van der Waals surface area contributed by atoms with Gasteiger partial charge in [0.25, 0.3) is 0 Å². The average molecular weight is 274 g/mol. The van der Waals surface area contributed by atoms with E-state index >= 15 is 0 Å². The Kier molecular flexibility index (Phi) is 4.69. The number of rotatable bonds is 5. The highest BCUT2D eigenvalue weighted by Gasteiger charge is 2.15. The monoisotopic (exact) mass is 274 g/mol. The van der Waals surface area contributed by atoms with Gasteiger partial charge in [-0.3, -0.25) is 4.98 Å². The molecule has 1 aromatic carbocycles. The summed E-state index contributed by atoms with van der Waals surface area (Å²) in [5.41, 5.74) is 3.11. The van der Waals surface area contributed by atoms with E-state index in [2.05, 4.69) is 16.4 Å². The van der Waals surface area contributed by atoms with Crippen LogP contribution in [0.15, 0.2) is 36.7 Å². The van der Waals surface area contributed by atoms with Crippen LogP contribution >= 0.6 is 0 Å². The Morgan fingerprint density at radius 3 is 2.70 bits per heavy atom. The van der Waals surface area contributed by atoms with Crippen LogP contribution in [-0.2, 0) is 0 Å². The maximum Gasteiger partial charge on any atom is 0.165 e. The molecule has 0 aliphatic rings. The zero-order valence-electron chi connectivity index (χ0n) is 12.0. The van der Waals surface area contributed by atoms with Gasteiger partial charge in [-0.2, -0.15) is 0 Å². The molecule has 1 atom stereocenters. The largest absolute Gasteiger partial charge is 0.494 e. The molecule has 0 aliphatic heterocycles. The van der Waals surface area contributed by atoms with Crippen LogP contribution in [0.4, 0.5) is 4.39 Å². The van der Waals surface area contributed by atoms with E-state index in [1.807, 2.05) is 26.2 Å². The summed E-state index contributed by atoms with van der Waals surface area (Å²) in [7, 11) is 1.47. The number of aryl methyl sites for hydroxylation is 1. The number of methoxy groups -OCH3 is 1. The minimum absolute atomic E-state index is 0.0260. The summed E-state index contributed by atoms with van der Waals surface area (Å²) in [5, 5.41) is 3.40. The molecule has 106 valence electrons. The van der Waals surface area contributed by atoms with E-state index in [-0.39, 0.29) is 17.6 Å². The van der Waals surface area contributed by atoms with E-state index < -0.39 is 0 Å². The SMILES string of the molecule is CCNC(c1cncc(C)c1)c1ccc(F)c(OC)c1. The van der Waals surface area contributed by atoms with Gasteiger partial charge in [0, 0.05) is 12.4 Å². The van der Waals surface area contributed by atoms with Gasteiger partial charge in [0.1, 0.15) is 0 Å². The van der Waals surface area contributed by atoms with Gasteiger partial charge in [0.2, 0.25) is 0 Å². The van der Waals surface area contributed by atoms with Crippen molar-refractivity contribution in [2.45, 2.75) is 19.9 Å². The Hall–Kier alpha value is -1.94. The number of benzene rings is 1. The fourth-order valence-corrected chi connectivity index (χ4v) is 2.22. The lowest BCUT2D eigenvalue weighted by molar-refractivity contribution is 0.385. The van der Waals surface area contributed by atoms with Gasteiger partial charge in [-0.15, -0.1) is 0 Å². The van der Waals surface area contributed by atoms with E-state index in [4.69, 9.17) is 4.74 Å². The van der Waals surface area contributed by atoms with E-state index in [1.165, 1.54) is 13.2 Å². The number of nitrogens with zero attached hydrogens (tertiary/aromatic N) is 1. The van der Waals surface area contributed by atoms with Gasteiger partial charge in [0.05, 0.1) is 13.2 Å². The fourth-order valence-electron chi connectivity index (χ4n) is 2.22. The predicted molar refractivity (Wildman–Crippen MR) is 77.4 cm³/mol. The molecular formula is C16H19FN2O. The van der Waals surface area contributed by atoms with Crippen molar-refractivity contribution in [2.75, 3.05) is 13.7 Å². The first-order chi connectivity index (χ1) is 9.65. The van der Waals surface area contributed by atoms with Crippen molar-refractivity contribution in [1.82, 2.24) is 10.3 Å². The third kappa shape index (κ3) is 3.14. The Morgan fingerprint density at radius 2 is 2.05 bits per heavy atom. The first kappa shape index (κ1) is 14.5. The van der Waals surface area contributed by atoms with E-state index in [1.54, 1.807) is 12.1 Å². The molecule has 20 heavy (non-hydrogen) atoms. The summed E-state index contributed by atoms with van der Waals surface area (Å²) in [6, 6.07) is 6.98. The summed E-state index contributed by atoms with van der Waals surface area (Å²) in [5.74, 6) is -0.0973. The number of pyridine rings is 1. The molecule has 2 rings (SSSR count). The lowest BCUT2D eigenvalue weighted by atomic mass is 9.99. The second kappa shape index (κ2) is 6.48. The number of hydrogen-bond donors (Lipinski definition) is 1. The molecule has 0 spiro atoms. The number of halogens is 1. The lowest BCUT2D eigenvalue weighted by Crippen LogP contribution is -2.22. The predicted octanol–water partition coefficient (Wildman–Crippen LogP) is 3.24. The van der Waals surface area contributed by atoms with Gasteiger partial charge in [0.15, 0.2) is 11.6 Å². The Morgan fingerprint density at radius 1 is 1.25 bits per heavy atom. The van der Waals surface area contributed by atoms with Crippen LogP contribution in [0.2, 0.25) is 0 Å². The van der Waals surface area contributed by atoms with Crippen molar-refractivity contribution >= 4 is 0 Å². The van der Waals surface area contributed by atoms with Crippen LogP contribution in [0, 0.1) is 12.7 Å². The molecule has 1 heterocycles. The number of nitrogens with one attached hydrogen (secondary N) is 1. The topological polar surface area (TPSA) is 34.2 Å². The average Bonchev–Trinajstić information content (AvgIpc) is 2.45. The third-order valence-electron chi connectivity index (χ3n) is 3.15. The van der Waals surface area contributed by atoms with Crippen molar-refractivity contribution in [1.29, 1.82) is 0 Å². The van der Waals surface area contributed by atoms with Crippen molar-refractivity contribution in [3.8, 4) is 5.75 Å². The fraction of sp³-hybridized carbons (Fsp3) is 0.312. The van der Waals surface area contributed by atoms with Gasteiger partial charge >= 0.3 is 0 Å². The van der Waals surface area contributed by atoms with Gasteiger partial charge < -0.3 is 10.1 Å². The highest BCUT2D eigenvalue weighted by molar-refractivity contribution is 5.37. The Balaban J connectivity index is 2.42. The van der Waals surface area contributed by atoms with Crippen molar-refractivity contribution in [3.05, 3.63) is 59.2 Å². The zero-order chi connectivity index (χ0) is 14.5. The smallest absolute Gasteiger partial charge is 0.165 e. The molecule has 2 aromatic rings. The summed E-state index contributed by atoms with van der Waals surface area (Å²) < 4.78 is 18.6. The van der Waals surface area contributed by atoms with Gasteiger partial charge in [-0.1, -0.05) is 19.1 Å². The van der Waals surface area contributed by atoms with E-state index in [0.29, 0.717) is 0 Å². The standard InChI is InChI=1S/C16H19FN2O/c1-4-19-16(13-7-11(2)9-18-10-13)12-5-6-14(17)15(8-12)20-3/h5-10,16,19H,4H2,1-3H3. The van der Waals surface area contributed by atoms with E-state index in [0.717, 1.165) is 23.2 Å². The highest BCUT2D eigenvalue weighted by Crippen LogP contribution is 2.27.